The zero-order valence-corrected chi connectivity index (χ0v) is 15.5. The van der Waals surface area contributed by atoms with Crippen LogP contribution in [0.15, 0.2) is 30.3 Å². The average molecular weight is 384 g/mol. The number of hydroxylamine groups is 1. The molecule has 1 aromatic carbocycles. The highest BCUT2D eigenvalue weighted by Gasteiger charge is 2.22. The Hall–Kier alpha value is -2.02. The fraction of sp³-hybridized carbons (Fsp3) is 0.294. The molecule has 2 rings (SSSR count). The normalized spacial score (nSPS) is 12.1. The molecule has 0 aliphatic carbocycles. The number of carbonyl (C=O) groups excluding carboxylic acids is 2. The summed E-state index contributed by atoms with van der Waals surface area (Å²) in [7, 11) is 1.66. The molecule has 1 aromatic heterocycles. The van der Waals surface area contributed by atoms with Gasteiger partial charge in [0.25, 0.3) is 11.8 Å². The summed E-state index contributed by atoms with van der Waals surface area (Å²) in [4.78, 5) is 24.0. The Balaban J connectivity index is 2.25. The quantitative estimate of drug-likeness (QED) is 0.544. The van der Waals surface area contributed by atoms with Crippen molar-refractivity contribution in [2.75, 3.05) is 0 Å². The Labute approximate surface area is 155 Å². The third kappa shape index (κ3) is 4.15. The van der Waals surface area contributed by atoms with Crippen LogP contribution in [0.4, 0.5) is 0 Å². The molecular formula is C17H19Cl2N3O3. The molecule has 25 heavy (non-hydrogen) atoms. The maximum absolute atomic E-state index is 12.6. The maximum atomic E-state index is 12.6. The molecule has 0 fully saturated rings. The van der Waals surface area contributed by atoms with Crippen LogP contribution in [0.25, 0.3) is 0 Å². The smallest absolute Gasteiger partial charge is 0.274 e. The number of rotatable bonds is 5. The maximum Gasteiger partial charge on any atom is 0.274 e. The van der Waals surface area contributed by atoms with E-state index in [0.29, 0.717) is 21.4 Å². The fourth-order valence-corrected chi connectivity index (χ4v) is 2.89. The van der Waals surface area contributed by atoms with Crippen LogP contribution in [0.3, 0.4) is 0 Å². The number of aromatic nitrogens is 1. The minimum Gasteiger partial charge on any atom is -0.344 e. The lowest BCUT2D eigenvalue weighted by atomic mass is 9.95. The van der Waals surface area contributed by atoms with E-state index in [9.17, 15) is 9.59 Å². The van der Waals surface area contributed by atoms with Gasteiger partial charge in [-0.2, -0.15) is 0 Å². The van der Waals surface area contributed by atoms with E-state index in [0.717, 1.165) is 5.56 Å². The molecular weight excluding hydrogens is 365 g/mol. The van der Waals surface area contributed by atoms with Gasteiger partial charge in [0.2, 0.25) is 0 Å². The summed E-state index contributed by atoms with van der Waals surface area (Å²) in [6.45, 7) is 3.95. The van der Waals surface area contributed by atoms with Crippen LogP contribution in [0.1, 0.15) is 46.3 Å². The minimum absolute atomic E-state index is 0.104. The predicted molar refractivity (Wildman–Crippen MR) is 96.2 cm³/mol. The summed E-state index contributed by atoms with van der Waals surface area (Å²) in [6, 6.07) is 7.88. The molecule has 134 valence electrons. The van der Waals surface area contributed by atoms with Gasteiger partial charge in [0.1, 0.15) is 10.8 Å². The number of benzene rings is 1. The minimum atomic E-state index is -0.593. The average Bonchev–Trinajstić information content (AvgIpc) is 2.86. The van der Waals surface area contributed by atoms with Gasteiger partial charge in [-0.3, -0.25) is 14.8 Å². The highest BCUT2D eigenvalue weighted by Crippen LogP contribution is 2.27. The van der Waals surface area contributed by atoms with Gasteiger partial charge in [-0.15, -0.1) is 0 Å². The van der Waals surface area contributed by atoms with Gasteiger partial charge in [0, 0.05) is 12.6 Å². The second kappa shape index (κ2) is 7.91. The lowest BCUT2D eigenvalue weighted by Gasteiger charge is -2.23. The monoisotopic (exact) mass is 383 g/mol. The number of halogens is 2. The largest absolute Gasteiger partial charge is 0.344 e. The highest BCUT2D eigenvalue weighted by atomic mass is 35.5. The van der Waals surface area contributed by atoms with Crippen molar-refractivity contribution >= 4 is 35.0 Å². The van der Waals surface area contributed by atoms with E-state index in [4.69, 9.17) is 28.4 Å². The van der Waals surface area contributed by atoms with Crippen LogP contribution in [0, 0.1) is 5.92 Å². The first-order valence-corrected chi connectivity index (χ1v) is 8.37. The molecule has 3 N–H and O–H groups in total. The van der Waals surface area contributed by atoms with Crippen LogP contribution in [0.5, 0.6) is 0 Å². The lowest BCUT2D eigenvalue weighted by Crippen LogP contribution is -2.33. The summed E-state index contributed by atoms with van der Waals surface area (Å²) in [5.74, 6) is -0.787. The molecule has 2 amide bonds. The van der Waals surface area contributed by atoms with Crippen molar-refractivity contribution in [1.82, 2.24) is 15.4 Å². The third-order valence-corrected chi connectivity index (χ3v) is 4.78. The molecule has 0 aliphatic rings. The van der Waals surface area contributed by atoms with Crippen LogP contribution >= 0.6 is 23.2 Å². The zero-order valence-electron chi connectivity index (χ0n) is 14.0. The number of carbonyl (C=O) groups is 2. The van der Waals surface area contributed by atoms with E-state index < -0.39 is 5.91 Å². The van der Waals surface area contributed by atoms with Crippen LogP contribution in [-0.2, 0) is 7.05 Å². The summed E-state index contributed by atoms with van der Waals surface area (Å²) >= 11 is 12.0. The van der Waals surface area contributed by atoms with E-state index in [2.05, 4.69) is 5.32 Å². The number of amides is 2. The third-order valence-electron chi connectivity index (χ3n) is 3.94. The molecule has 0 saturated heterocycles. The van der Waals surface area contributed by atoms with E-state index in [1.165, 1.54) is 10.6 Å². The van der Waals surface area contributed by atoms with Gasteiger partial charge < -0.3 is 9.88 Å². The molecule has 0 aliphatic heterocycles. The molecule has 1 heterocycles. The van der Waals surface area contributed by atoms with Crippen molar-refractivity contribution in [2.24, 2.45) is 13.0 Å². The molecule has 8 heteroatoms. The predicted octanol–water partition coefficient (Wildman–Crippen LogP) is 3.58. The van der Waals surface area contributed by atoms with Crippen LogP contribution in [0.2, 0.25) is 10.2 Å². The lowest BCUT2D eigenvalue weighted by molar-refractivity contribution is 0.0706. The van der Waals surface area contributed by atoms with Crippen molar-refractivity contribution in [1.29, 1.82) is 0 Å². The number of hydrogen-bond donors (Lipinski definition) is 3. The van der Waals surface area contributed by atoms with Gasteiger partial charge >= 0.3 is 0 Å². The highest BCUT2D eigenvalue weighted by molar-refractivity contribution is 6.41. The zero-order chi connectivity index (χ0) is 18.7. The first-order chi connectivity index (χ1) is 11.8. The second-order valence-electron chi connectivity index (χ2n) is 5.99. The standard InChI is InChI=1S/C17H19Cl2N3O3/c1-9(2)14(10-4-6-11(7-5-10)16(23)21-25)20-17(24)13-8-12(18)15(19)22(13)3/h4-9,14,25H,1-3H3,(H,20,24)(H,21,23). The molecule has 1 atom stereocenters. The van der Waals surface area contributed by atoms with E-state index in [-0.39, 0.29) is 17.9 Å². The Morgan fingerprint density at radius 2 is 1.72 bits per heavy atom. The van der Waals surface area contributed by atoms with Crippen LogP contribution in [-0.4, -0.2) is 21.6 Å². The van der Waals surface area contributed by atoms with Crippen molar-refractivity contribution in [2.45, 2.75) is 19.9 Å². The Morgan fingerprint density at radius 3 is 2.16 bits per heavy atom. The fourth-order valence-electron chi connectivity index (χ4n) is 2.52. The van der Waals surface area contributed by atoms with Gasteiger partial charge in [-0.1, -0.05) is 49.2 Å². The topological polar surface area (TPSA) is 83.4 Å². The number of nitrogens with zero attached hydrogens (tertiary/aromatic N) is 1. The summed E-state index contributed by atoms with van der Waals surface area (Å²) in [5, 5.41) is 12.2. The number of hydrogen-bond acceptors (Lipinski definition) is 3. The molecule has 0 radical (unpaired) electrons. The van der Waals surface area contributed by atoms with E-state index in [1.807, 2.05) is 13.8 Å². The molecule has 0 bridgehead atoms. The van der Waals surface area contributed by atoms with Crippen LogP contribution < -0.4 is 10.8 Å². The van der Waals surface area contributed by atoms with Gasteiger partial charge in [-0.05, 0) is 29.7 Å². The molecule has 0 spiro atoms. The number of nitrogens with one attached hydrogen (secondary N) is 2. The first-order valence-electron chi connectivity index (χ1n) is 7.62. The molecule has 6 nitrogen and oxygen atoms in total. The van der Waals surface area contributed by atoms with Crippen molar-refractivity contribution in [3.63, 3.8) is 0 Å². The summed E-state index contributed by atoms with van der Waals surface area (Å²) < 4.78 is 1.52. The van der Waals surface area contributed by atoms with Gasteiger partial charge in [0.05, 0.1) is 11.1 Å². The Bertz CT molecular complexity index is 785. The Kier molecular flexibility index (Phi) is 6.11. The Morgan fingerprint density at radius 1 is 1.12 bits per heavy atom. The summed E-state index contributed by atoms with van der Waals surface area (Å²) in [6.07, 6.45) is 0. The van der Waals surface area contributed by atoms with E-state index in [1.54, 1.807) is 36.8 Å². The summed E-state index contributed by atoms with van der Waals surface area (Å²) in [5.41, 5.74) is 3.10. The second-order valence-corrected chi connectivity index (χ2v) is 6.75. The first kappa shape index (κ1) is 19.3. The molecule has 0 saturated carbocycles. The van der Waals surface area contributed by atoms with Crippen molar-refractivity contribution in [3.05, 3.63) is 57.3 Å². The van der Waals surface area contributed by atoms with Gasteiger partial charge in [-0.25, -0.2) is 5.48 Å². The molecule has 2 aromatic rings. The van der Waals surface area contributed by atoms with Crippen molar-refractivity contribution in [3.8, 4) is 0 Å². The SMILES string of the molecule is CC(C)C(NC(=O)c1cc(Cl)c(Cl)n1C)c1ccc(C(=O)NO)cc1. The van der Waals surface area contributed by atoms with E-state index >= 15 is 0 Å². The van der Waals surface area contributed by atoms with Crippen molar-refractivity contribution < 1.29 is 14.8 Å². The van der Waals surface area contributed by atoms with Gasteiger partial charge in [0.15, 0.2) is 0 Å². The molecule has 1 unspecified atom stereocenters.